The van der Waals surface area contributed by atoms with Gasteiger partial charge in [-0.15, -0.1) is 0 Å². The zero-order valence-corrected chi connectivity index (χ0v) is 37.9. The van der Waals surface area contributed by atoms with Crippen LogP contribution in [0.5, 0.6) is 0 Å². The summed E-state index contributed by atoms with van der Waals surface area (Å²) in [6.07, 6.45) is 11.6. The van der Waals surface area contributed by atoms with Crippen molar-refractivity contribution < 1.29 is 28.8 Å². The monoisotopic (exact) mass is 873 g/mol. The molecule has 0 radical (unpaired) electrons. The van der Waals surface area contributed by atoms with Gasteiger partial charge in [-0.2, -0.15) is 0 Å². The Morgan fingerprint density at radius 3 is 1.66 bits per heavy atom. The van der Waals surface area contributed by atoms with E-state index < -0.39 is 17.9 Å². The molecule has 2 saturated heterocycles. The largest absolute Gasteiger partial charge is 0.354 e. The molecule has 0 aromatic heterocycles. The number of nitrogens with one attached hydrogen (secondary N) is 3. The van der Waals surface area contributed by atoms with Crippen LogP contribution in [-0.4, -0.2) is 108 Å². The first-order valence-electron chi connectivity index (χ1n) is 24.1. The number of nitrogens with zero attached hydrogens (tertiary/aromatic N) is 3. The van der Waals surface area contributed by atoms with E-state index >= 15 is 0 Å². The molecule has 64 heavy (non-hydrogen) atoms. The van der Waals surface area contributed by atoms with E-state index in [1.807, 2.05) is 36.4 Å². The Hall–Kier alpha value is -5.52. The van der Waals surface area contributed by atoms with Crippen LogP contribution in [0.1, 0.15) is 141 Å². The van der Waals surface area contributed by atoms with Gasteiger partial charge in [0, 0.05) is 74.2 Å². The third kappa shape index (κ3) is 12.0. The van der Waals surface area contributed by atoms with Gasteiger partial charge in [0.05, 0.1) is 18.4 Å². The molecule has 2 heterocycles. The molecule has 7 rings (SSSR count). The van der Waals surface area contributed by atoms with Crippen molar-refractivity contribution in [2.75, 3.05) is 39.3 Å². The number of rotatable bonds is 20. The summed E-state index contributed by atoms with van der Waals surface area (Å²) in [7, 11) is 0. The molecule has 6 amide bonds. The highest BCUT2D eigenvalue weighted by Crippen LogP contribution is 2.42. The Morgan fingerprint density at radius 2 is 1.09 bits per heavy atom. The predicted octanol–water partition coefficient (Wildman–Crippen LogP) is 6.82. The molecule has 2 aliphatic carbocycles. The minimum Gasteiger partial charge on any atom is -0.354 e. The summed E-state index contributed by atoms with van der Waals surface area (Å²) >= 11 is 0. The summed E-state index contributed by atoms with van der Waals surface area (Å²) in [5, 5.41) is 9.44. The van der Waals surface area contributed by atoms with E-state index in [4.69, 9.17) is 0 Å². The maximum absolute atomic E-state index is 14.3. The van der Waals surface area contributed by atoms with E-state index in [0.29, 0.717) is 38.0 Å². The van der Waals surface area contributed by atoms with Crippen molar-refractivity contribution in [2.24, 2.45) is 11.8 Å². The predicted molar refractivity (Wildman–Crippen MR) is 247 cm³/mol. The van der Waals surface area contributed by atoms with Gasteiger partial charge >= 0.3 is 0 Å². The highest BCUT2D eigenvalue weighted by Gasteiger charge is 2.49. The molecule has 12 nitrogen and oxygen atoms in total. The van der Waals surface area contributed by atoms with Crippen LogP contribution >= 0.6 is 0 Å². The Bertz CT molecular complexity index is 2000. The van der Waals surface area contributed by atoms with Crippen molar-refractivity contribution in [1.82, 2.24) is 30.7 Å². The summed E-state index contributed by atoms with van der Waals surface area (Å²) in [5.74, 6) is -2.53. The smallest absolute Gasteiger partial charge is 0.253 e. The molecular weight excluding hydrogens is 805 g/mol. The average molecular weight is 873 g/mol. The number of hydrogen-bond acceptors (Lipinski definition) is 6. The van der Waals surface area contributed by atoms with Crippen LogP contribution in [0.25, 0.3) is 0 Å². The molecule has 3 aromatic rings. The summed E-state index contributed by atoms with van der Waals surface area (Å²) in [5.41, 5.74) is 2.90. The molecule has 342 valence electrons. The highest BCUT2D eigenvalue weighted by molar-refractivity contribution is 6.01. The molecule has 3 N–H and O–H groups in total. The number of benzene rings is 3. The van der Waals surface area contributed by atoms with Gasteiger partial charge < -0.3 is 30.7 Å². The number of hydrogen-bond donors (Lipinski definition) is 3. The Morgan fingerprint density at radius 1 is 0.562 bits per heavy atom. The number of carbonyl (C=O) groups excluding carboxylic acids is 6. The Kier molecular flexibility index (Phi) is 16.3. The van der Waals surface area contributed by atoms with E-state index in [1.54, 1.807) is 39.0 Å². The fourth-order valence-corrected chi connectivity index (χ4v) is 9.68. The zero-order valence-electron chi connectivity index (χ0n) is 37.9. The molecule has 3 aromatic carbocycles. The van der Waals surface area contributed by atoms with Crippen molar-refractivity contribution in [2.45, 2.75) is 127 Å². The fraction of sp³-hybridized carbons (Fsp3) is 0.538. The molecule has 0 spiro atoms. The number of amides is 6. The van der Waals surface area contributed by atoms with Crippen molar-refractivity contribution in [3.63, 3.8) is 0 Å². The van der Waals surface area contributed by atoms with E-state index in [2.05, 4.69) is 54.1 Å². The standard InChI is InChI=1S/C52H68N6O6/c1-3-5-7-9-16-26-47(59)58-29-19-28-56(35-46(58)50(62)53-27-17-8-6-4-2)51(63)38-24-18-25-39(30-38)52(64)57-33-42(48(60)54-44-31-40(44)36-20-12-10-13-21-36)43(34-57)49(61)55-45-32-41(45)37-22-14-11-15-23-37/h10-15,18,20-25,30,40-46H,3-9,16-17,19,26-29,31-35H2,1-2H3,(H,53,62)(H,54,60)(H,55,61)/t40-,41-,42-,43-,44+,45+,46+/m1/s1. The molecule has 12 heteroatoms. The van der Waals surface area contributed by atoms with Gasteiger partial charge in [0.2, 0.25) is 23.6 Å². The van der Waals surface area contributed by atoms with Crippen LogP contribution in [0.3, 0.4) is 0 Å². The molecular formula is C52H68N6O6. The van der Waals surface area contributed by atoms with Gasteiger partial charge in [-0.3, -0.25) is 28.8 Å². The van der Waals surface area contributed by atoms with Gasteiger partial charge in [-0.05, 0) is 61.4 Å². The molecule has 0 unspecified atom stereocenters. The lowest BCUT2D eigenvalue weighted by Gasteiger charge is -2.31. The lowest BCUT2D eigenvalue weighted by Crippen LogP contribution is -2.54. The van der Waals surface area contributed by atoms with E-state index in [9.17, 15) is 28.8 Å². The first-order valence-corrected chi connectivity index (χ1v) is 24.1. The lowest BCUT2D eigenvalue weighted by molar-refractivity contribution is -0.140. The van der Waals surface area contributed by atoms with Crippen LogP contribution in [0.4, 0.5) is 0 Å². The maximum atomic E-state index is 14.3. The molecule has 2 aliphatic heterocycles. The van der Waals surface area contributed by atoms with Crippen molar-refractivity contribution >= 4 is 35.4 Å². The normalized spacial score (nSPS) is 23.8. The number of carbonyl (C=O) groups is 6. The second kappa shape index (κ2) is 22.4. The van der Waals surface area contributed by atoms with Gasteiger partial charge in [0.25, 0.3) is 11.8 Å². The second-order valence-electron chi connectivity index (χ2n) is 18.5. The van der Waals surface area contributed by atoms with Crippen LogP contribution in [0.15, 0.2) is 84.9 Å². The topological polar surface area (TPSA) is 148 Å². The summed E-state index contributed by atoms with van der Waals surface area (Å²) in [6.45, 7) is 5.73. The number of unbranched alkanes of at least 4 members (excludes halogenated alkanes) is 7. The molecule has 7 atom stereocenters. The second-order valence-corrected chi connectivity index (χ2v) is 18.5. The Labute approximate surface area is 379 Å². The van der Waals surface area contributed by atoms with Crippen LogP contribution in [-0.2, 0) is 19.2 Å². The Balaban J connectivity index is 1.03. The SMILES string of the molecule is CCCCCCCC(=O)N1CCCN(C(=O)c2cccc(C(=O)N3C[C@@H](C(=O)N[C@H]4C[C@@H]4c4ccccc4)[C@H](C(=O)N[C@H]4C[C@@H]4c4ccccc4)C3)c2)C[C@H]1C(=O)NCCCCCC. The van der Waals surface area contributed by atoms with Gasteiger partial charge in [0.1, 0.15) is 6.04 Å². The lowest BCUT2D eigenvalue weighted by atomic mass is 9.94. The third-order valence-corrected chi connectivity index (χ3v) is 13.7. The van der Waals surface area contributed by atoms with E-state index in [0.717, 1.165) is 81.8 Å². The quantitative estimate of drug-likeness (QED) is 0.106. The molecule has 0 bridgehead atoms. The summed E-state index contributed by atoms with van der Waals surface area (Å²) in [6, 6.07) is 25.8. The van der Waals surface area contributed by atoms with Crippen molar-refractivity contribution in [3.05, 3.63) is 107 Å². The minimum atomic E-state index is -0.821. The van der Waals surface area contributed by atoms with Gasteiger partial charge in [0.15, 0.2) is 0 Å². The molecule has 4 aliphatic rings. The summed E-state index contributed by atoms with van der Waals surface area (Å²) < 4.78 is 0. The van der Waals surface area contributed by atoms with Crippen LogP contribution < -0.4 is 16.0 Å². The van der Waals surface area contributed by atoms with Gasteiger partial charge in [-0.1, -0.05) is 126 Å². The molecule has 4 fully saturated rings. The zero-order chi connectivity index (χ0) is 45.0. The first-order chi connectivity index (χ1) is 31.2. The minimum absolute atomic E-state index is 0.0341. The highest BCUT2D eigenvalue weighted by atomic mass is 16.2. The van der Waals surface area contributed by atoms with Crippen molar-refractivity contribution in [3.8, 4) is 0 Å². The molecule has 2 saturated carbocycles. The third-order valence-electron chi connectivity index (χ3n) is 13.7. The van der Waals surface area contributed by atoms with Gasteiger partial charge in [-0.25, -0.2) is 0 Å². The van der Waals surface area contributed by atoms with E-state index in [-0.39, 0.29) is 84.6 Å². The van der Waals surface area contributed by atoms with Crippen LogP contribution in [0.2, 0.25) is 0 Å². The van der Waals surface area contributed by atoms with E-state index in [1.165, 1.54) is 0 Å². The average Bonchev–Trinajstić information content (AvgIpc) is 4.24. The van der Waals surface area contributed by atoms with Crippen molar-refractivity contribution in [1.29, 1.82) is 0 Å². The van der Waals surface area contributed by atoms with Crippen LogP contribution in [0, 0.1) is 11.8 Å². The summed E-state index contributed by atoms with van der Waals surface area (Å²) in [4.78, 5) is 89.0. The first kappa shape index (κ1) is 46.5. The fourth-order valence-electron chi connectivity index (χ4n) is 9.68. The number of likely N-dealkylation sites (tertiary alicyclic amines) is 1. The maximum Gasteiger partial charge on any atom is 0.253 e.